The van der Waals surface area contributed by atoms with Gasteiger partial charge in [0.2, 0.25) is 5.88 Å². The van der Waals surface area contributed by atoms with Crippen LogP contribution >= 0.6 is 0 Å². The third-order valence-electron chi connectivity index (χ3n) is 3.84. The van der Waals surface area contributed by atoms with Crippen LogP contribution in [0.2, 0.25) is 0 Å². The minimum atomic E-state index is -0.690. The lowest BCUT2D eigenvalue weighted by molar-refractivity contribution is 0.420. The first-order chi connectivity index (χ1) is 11.8. The average molecular weight is 344 g/mol. The van der Waals surface area contributed by atoms with Crippen molar-refractivity contribution in [1.82, 2.24) is 14.5 Å². The molecule has 0 fully saturated rings. The van der Waals surface area contributed by atoms with Gasteiger partial charge in [0.05, 0.1) is 12.2 Å². The van der Waals surface area contributed by atoms with Crippen LogP contribution in [-0.2, 0) is 0 Å². The van der Waals surface area contributed by atoms with E-state index in [-0.39, 0.29) is 5.56 Å². The van der Waals surface area contributed by atoms with Crippen molar-refractivity contribution in [3.8, 4) is 11.6 Å². The van der Waals surface area contributed by atoms with Gasteiger partial charge in [0.25, 0.3) is 5.56 Å². The van der Waals surface area contributed by atoms with Crippen molar-refractivity contribution < 1.29 is 5.11 Å². The summed E-state index contributed by atoms with van der Waals surface area (Å²) < 4.78 is 1.07. The third-order valence-corrected chi connectivity index (χ3v) is 3.84. The van der Waals surface area contributed by atoms with Gasteiger partial charge in [0.15, 0.2) is 0 Å². The first-order valence-electron chi connectivity index (χ1n) is 8.14. The number of aromatic amines is 1. The zero-order valence-corrected chi connectivity index (χ0v) is 15.0. The van der Waals surface area contributed by atoms with Crippen molar-refractivity contribution in [1.29, 1.82) is 0 Å². The third kappa shape index (κ3) is 4.45. The number of benzene rings is 1. The second-order valence-electron chi connectivity index (χ2n) is 6.42. The van der Waals surface area contributed by atoms with Crippen molar-refractivity contribution in [2.45, 2.75) is 19.8 Å². The standard InChI is InChI=1S/C18H24N4O3/c1-12(2)13-5-7-14(8-6-13)22-17(24)15(16(23)20-18(22)25)11-19-9-10-21(3)4/h5-8,11-12,24H,9-10H2,1-4H3,(H,20,23,25). The predicted octanol–water partition coefficient (Wildman–Crippen LogP) is 1.34. The van der Waals surface area contributed by atoms with E-state index in [4.69, 9.17) is 0 Å². The highest BCUT2D eigenvalue weighted by Gasteiger charge is 2.14. The van der Waals surface area contributed by atoms with Gasteiger partial charge in [-0.15, -0.1) is 0 Å². The van der Waals surface area contributed by atoms with Gasteiger partial charge >= 0.3 is 5.69 Å². The average Bonchev–Trinajstić information content (AvgIpc) is 2.53. The summed E-state index contributed by atoms with van der Waals surface area (Å²) in [6.45, 7) is 5.33. The van der Waals surface area contributed by atoms with E-state index >= 15 is 0 Å². The van der Waals surface area contributed by atoms with Crippen LogP contribution in [0.3, 0.4) is 0 Å². The van der Waals surface area contributed by atoms with Crippen molar-refractivity contribution in [2.24, 2.45) is 4.99 Å². The van der Waals surface area contributed by atoms with Gasteiger partial charge in [-0.1, -0.05) is 26.0 Å². The van der Waals surface area contributed by atoms with E-state index in [1.54, 1.807) is 12.1 Å². The smallest absolute Gasteiger partial charge is 0.335 e. The Hall–Kier alpha value is -2.67. The summed E-state index contributed by atoms with van der Waals surface area (Å²) in [5, 5.41) is 10.4. The molecular weight excluding hydrogens is 320 g/mol. The summed E-state index contributed by atoms with van der Waals surface area (Å²) in [5.41, 5.74) is 0.208. The number of nitrogens with one attached hydrogen (secondary N) is 1. The minimum Gasteiger partial charge on any atom is -0.493 e. The fourth-order valence-corrected chi connectivity index (χ4v) is 2.32. The number of H-pyrrole nitrogens is 1. The molecule has 2 N–H and O–H groups in total. The van der Waals surface area contributed by atoms with E-state index in [9.17, 15) is 14.7 Å². The first-order valence-corrected chi connectivity index (χ1v) is 8.14. The van der Waals surface area contributed by atoms with Gasteiger partial charge in [-0.3, -0.25) is 14.8 Å². The Bertz CT molecular complexity index is 861. The van der Waals surface area contributed by atoms with Gasteiger partial charge in [-0.2, -0.15) is 0 Å². The lowest BCUT2D eigenvalue weighted by Gasteiger charge is -2.11. The fourth-order valence-electron chi connectivity index (χ4n) is 2.32. The Labute approximate surface area is 146 Å². The lowest BCUT2D eigenvalue weighted by Crippen LogP contribution is -2.31. The van der Waals surface area contributed by atoms with Crippen LogP contribution in [0.4, 0.5) is 0 Å². The second-order valence-corrected chi connectivity index (χ2v) is 6.42. The zero-order valence-electron chi connectivity index (χ0n) is 15.0. The van der Waals surface area contributed by atoms with E-state index in [2.05, 4.69) is 23.8 Å². The molecule has 0 aliphatic carbocycles. The molecule has 1 aromatic carbocycles. The van der Waals surface area contributed by atoms with E-state index in [1.165, 1.54) is 6.21 Å². The van der Waals surface area contributed by atoms with Crippen molar-refractivity contribution in [3.05, 3.63) is 56.2 Å². The Morgan fingerprint density at radius 1 is 1.24 bits per heavy atom. The Morgan fingerprint density at radius 2 is 1.88 bits per heavy atom. The predicted molar refractivity (Wildman–Crippen MR) is 99.4 cm³/mol. The molecule has 134 valence electrons. The largest absolute Gasteiger partial charge is 0.493 e. The summed E-state index contributed by atoms with van der Waals surface area (Å²) in [6, 6.07) is 7.26. The molecule has 2 rings (SSSR count). The number of aromatic hydroxyl groups is 1. The molecule has 0 amide bonds. The normalized spacial score (nSPS) is 11.8. The maximum absolute atomic E-state index is 12.1. The maximum atomic E-state index is 12.1. The number of hydrogen-bond acceptors (Lipinski definition) is 5. The minimum absolute atomic E-state index is 0.0358. The highest BCUT2D eigenvalue weighted by Crippen LogP contribution is 2.19. The quantitative estimate of drug-likeness (QED) is 0.774. The SMILES string of the molecule is CC(C)c1ccc(-n2c(O)c(C=NCCN(C)C)c(=O)[nH]c2=O)cc1. The van der Waals surface area contributed by atoms with Gasteiger partial charge < -0.3 is 10.0 Å². The van der Waals surface area contributed by atoms with Crippen LogP contribution in [0.15, 0.2) is 38.8 Å². The summed E-state index contributed by atoms with van der Waals surface area (Å²) in [4.78, 5) is 32.5. The van der Waals surface area contributed by atoms with Gasteiger partial charge in [-0.05, 0) is 37.7 Å². The Balaban J connectivity index is 2.44. The molecule has 0 unspecified atom stereocenters. The molecule has 0 saturated heterocycles. The van der Waals surface area contributed by atoms with Crippen LogP contribution in [0.5, 0.6) is 5.88 Å². The lowest BCUT2D eigenvalue weighted by atomic mass is 10.0. The van der Waals surface area contributed by atoms with Crippen LogP contribution in [-0.4, -0.2) is 53.0 Å². The number of likely N-dealkylation sites (N-methyl/N-ethyl adjacent to an activating group) is 1. The highest BCUT2D eigenvalue weighted by atomic mass is 16.3. The van der Waals surface area contributed by atoms with Crippen LogP contribution in [0.25, 0.3) is 5.69 Å². The fraction of sp³-hybridized carbons (Fsp3) is 0.389. The molecule has 1 aromatic heterocycles. The molecule has 0 saturated carbocycles. The van der Waals surface area contributed by atoms with Crippen molar-refractivity contribution in [3.63, 3.8) is 0 Å². The maximum Gasteiger partial charge on any atom is 0.335 e. The molecule has 0 spiro atoms. The Morgan fingerprint density at radius 3 is 2.44 bits per heavy atom. The van der Waals surface area contributed by atoms with E-state index in [1.807, 2.05) is 31.1 Å². The monoisotopic (exact) mass is 344 g/mol. The van der Waals surface area contributed by atoms with Crippen LogP contribution in [0, 0.1) is 0 Å². The van der Waals surface area contributed by atoms with E-state index < -0.39 is 17.1 Å². The van der Waals surface area contributed by atoms with Crippen molar-refractivity contribution >= 4 is 6.21 Å². The number of aromatic nitrogens is 2. The molecule has 0 bridgehead atoms. The molecule has 0 radical (unpaired) electrons. The van der Waals surface area contributed by atoms with Crippen LogP contribution < -0.4 is 11.2 Å². The highest BCUT2D eigenvalue weighted by molar-refractivity contribution is 5.82. The van der Waals surface area contributed by atoms with Gasteiger partial charge in [-0.25, -0.2) is 9.36 Å². The molecule has 25 heavy (non-hydrogen) atoms. The van der Waals surface area contributed by atoms with E-state index in [0.29, 0.717) is 24.7 Å². The number of rotatable bonds is 6. The molecule has 0 atom stereocenters. The molecule has 2 aromatic rings. The molecule has 7 nitrogen and oxygen atoms in total. The summed E-state index contributed by atoms with van der Waals surface area (Å²) in [7, 11) is 3.83. The summed E-state index contributed by atoms with van der Waals surface area (Å²) >= 11 is 0. The van der Waals surface area contributed by atoms with E-state index in [0.717, 1.165) is 10.1 Å². The molecule has 0 aliphatic heterocycles. The Kier molecular flexibility index (Phi) is 5.93. The zero-order chi connectivity index (χ0) is 18.6. The van der Waals surface area contributed by atoms with Gasteiger partial charge in [0.1, 0.15) is 5.56 Å². The molecular formula is C18H24N4O3. The molecule has 1 heterocycles. The molecule has 0 aliphatic rings. The first kappa shape index (κ1) is 18.7. The number of hydrogen-bond donors (Lipinski definition) is 2. The van der Waals surface area contributed by atoms with Crippen LogP contribution in [0.1, 0.15) is 30.9 Å². The number of nitrogens with zero attached hydrogens (tertiary/aromatic N) is 3. The molecule has 7 heteroatoms. The summed E-state index contributed by atoms with van der Waals surface area (Å²) in [5.74, 6) is -0.0611. The van der Waals surface area contributed by atoms with Gasteiger partial charge in [0, 0.05) is 12.8 Å². The second kappa shape index (κ2) is 7.94. The van der Waals surface area contributed by atoms with Crippen molar-refractivity contribution in [2.75, 3.05) is 27.2 Å². The topological polar surface area (TPSA) is 90.7 Å². The summed E-state index contributed by atoms with van der Waals surface area (Å²) in [6.07, 6.45) is 1.30. The number of aliphatic imine (C=N–C) groups is 1.